The van der Waals surface area contributed by atoms with Crippen molar-refractivity contribution in [3.05, 3.63) is 0 Å². The van der Waals surface area contributed by atoms with Crippen molar-refractivity contribution in [3.8, 4) is 0 Å². The van der Waals surface area contributed by atoms with Gasteiger partial charge in [0.1, 0.15) is 19.3 Å². The van der Waals surface area contributed by atoms with Crippen LogP contribution in [0.25, 0.3) is 0 Å². The van der Waals surface area contributed by atoms with Crippen molar-refractivity contribution in [1.82, 2.24) is 0 Å². The lowest BCUT2D eigenvalue weighted by molar-refractivity contribution is -0.161. The summed E-state index contributed by atoms with van der Waals surface area (Å²) in [7, 11) is -9.91. The number of hydrogen-bond acceptors (Lipinski definition) is 15. The highest BCUT2D eigenvalue weighted by Crippen LogP contribution is 2.45. The zero-order chi connectivity index (χ0) is 69.6. The fraction of sp³-hybridized carbons (Fsp3) is 0.947. The predicted octanol–water partition coefficient (Wildman–Crippen LogP) is 21.7. The van der Waals surface area contributed by atoms with Gasteiger partial charge < -0.3 is 33.8 Å². The molecule has 0 aromatic heterocycles. The zero-order valence-corrected chi connectivity index (χ0v) is 63.4. The van der Waals surface area contributed by atoms with Crippen molar-refractivity contribution in [2.24, 2.45) is 23.7 Å². The highest BCUT2D eigenvalue weighted by atomic mass is 31.2. The van der Waals surface area contributed by atoms with Gasteiger partial charge in [-0.25, -0.2) is 9.13 Å². The lowest BCUT2D eigenvalue weighted by atomic mass is 10.0. The third kappa shape index (κ3) is 68.6. The van der Waals surface area contributed by atoms with Gasteiger partial charge >= 0.3 is 39.5 Å². The molecule has 5 atom stereocenters. The summed E-state index contributed by atoms with van der Waals surface area (Å²) in [5.74, 6) is 0.876. The molecule has 0 heterocycles. The maximum Gasteiger partial charge on any atom is 0.472 e. The standard InChI is InChI=1S/C75H146O17P2/c1-65(2)51-43-35-27-20-16-13-11-9-10-12-14-18-22-31-39-47-55-72(77)85-61-70(91-74(79)57-49-41-32-23-19-15-17-21-28-36-44-52-66(3)4)63-89-93(81,82)87-59-69(76)60-88-94(83,84)90-64-71(62-86-73(78)56-48-40-34-26-30-38-46-54-68(7)8)92-75(80)58-50-42-33-25-24-29-37-45-53-67(5)6/h65-71,76H,9-64H2,1-8H3,(H,81,82)(H,83,84)/t69?,70-,71-/m1/s1. The first-order valence-electron chi connectivity index (χ1n) is 38.7. The Bertz CT molecular complexity index is 1850. The maximum atomic E-state index is 13.1. The summed E-state index contributed by atoms with van der Waals surface area (Å²) in [6.07, 6.45) is 48.8. The monoisotopic (exact) mass is 1380 g/mol. The van der Waals surface area contributed by atoms with Gasteiger partial charge in [0, 0.05) is 25.7 Å². The van der Waals surface area contributed by atoms with E-state index in [1.54, 1.807) is 0 Å². The summed E-state index contributed by atoms with van der Waals surface area (Å²) < 4.78 is 68.4. The molecule has 0 radical (unpaired) electrons. The molecule has 0 spiro atoms. The van der Waals surface area contributed by atoms with Crippen LogP contribution in [-0.4, -0.2) is 96.7 Å². The van der Waals surface area contributed by atoms with Crippen LogP contribution >= 0.6 is 15.6 Å². The van der Waals surface area contributed by atoms with Gasteiger partial charge in [-0.2, -0.15) is 0 Å². The van der Waals surface area contributed by atoms with Crippen LogP contribution in [0, 0.1) is 23.7 Å². The van der Waals surface area contributed by atoms with Crippen LogP contribution < -0.4 is 0 Å². The number of hydrogen-bond donors (Lipinski definition) is 3. The second-order valence-corrected chi connectivity index (χ2v) is 31.9. The molecule has 3 unspecified atom stereocenters. The molecule has 3 N–H and O–H groups in total. The Kier molecular flexibility index (Phi) is 63.1. The Hall–Kier alpha value is -1.94. The van der Waals surface area contributed by atoms with Gasteiger partial charge in [0.2, 0.25) is 0 Å². The minimum absolute atomic E-state index is 0.103. The van der Waals surface area contributed by atoms with E-state index in [1.165, 1.54) is 173 Å². The van der Waals surface area contributed by atoms with E-state index < -0.39 is 97.5 Å². The first kappa shape index (κ1) is 92.1. The summed E-state index contributed by atoms with van der Waals surface area (Å²) in [5, 5.41) is 10.6. The largest absolute Gasteiger partial charge is 0.472 e. The van der Waals surface area contributed by atoms with Crippen molar-refractivity contribution >= 4 is 39.5 Å². The highest BCUT2D eigenvalue weighted by molar-refractivity contribution is 7.47. The normalized spacial score (nSPS) is 14.2. The molecule has 0 rings (SSSR count). The van der Waals surface area contributed by atoms with E-state index in [1.807, 2.05) is 0 Å². The van der Waals surface area contributed by atoms with Crippen LogP contribution in [0.1, 0.15) is 376 Å². The summed E-state index contributed by atoms with van der Waals surface area (Å²) in [6.45, 7) is 14.1. The van der Waals surface area contributed by atoms with Crippen LogP contribution in [0.15, 0.2) is 0 Å². The van der Waals surface area contributed by atoms with Crippen molar-refractivity contribution in [2.75, 3.05) is 39.6 Å². The van der Waals surface area contributed by atoms with Crippen molar-refractivity contribution < 1.29 is 80.2 Å². The van der Waals surface area contributed by atoms with Crippen LogP contribution in [-0.2, 0) is 65.4 Å². The fourth-order valence-corrected chi connectivity index (χ4v) is 13.0. The topological polar surface area (TPSA) is 237 Å². The molecule has 0 aliphatic rings. The number of rotatable bonds is 72. The number of aliphatic hydroxyl groups is 1. The number of unbranched alkanes of at least 4 members (excludes halogenated alkanes) is 38. The minimum Gasteiger partial charge on any atom is -0.462 e. The SMILES string of the molecule is CC(C)CCCCCCCCCCCCCCCCCCC(=O)OC[C@H](COP(=O)(O)OCC(O)COP(=O)(O)OC[C@@H](COC(=O)CCCCCCCCCC(C)C)OC(=O)CCCCCCCCCCC(C)C)OC(=O)CCCCCCCCCCCCCC(C)C. The molecular formula is C75H146O17P2. The number of ether oxygens (including phenoxy) is 4. The fourth-order valence-electron chi connectivity index (χ4n) is 11.4. The Morgan fingerprint density at radius 3 is 0.660 bits per heavy atom. The van der Waals surface area contributed by atoms with E-state index in [2.05, 4.69) is 55.4 Å². The smallest absolute Gasteiger partial charge is 0.462 e. The van der Waals surface area contributed by atoms with E-state index in [0.717, 1.165) is 114 Å². The number of esters is 4. The summed E-state index contributed by atoms with van der Waals surface area (Å²) in [4.78, 5) is 72.7. The zero-order valence-electron chi connectivity index (χ0n) is 61.6. The Morgan fingerprint density at radius 1 is 0.266 bits per heavy atom. The lowest BCUT2D eigenvalue weighted by Gasteiger charge is -2.21. The van der Waals surface area contributed by atoms with Gasteiger partial charge in [-0.15, -0.1) is 0 Å². The molecule has 19 heteroatoms. The van der Waals surface area contributed by atoms with Crippen molar-refractivity contribution in [3.63, 3.8) is 0 Å². The summed E-state index contributed by atoms with van der Waals surface area (Å²) in [6, 6.07) is 0. The minimum atomic E-state index is -4.96. The molecule has 0 aromatic carbocycles. The lowest BCUT2D eigenvalue weighted by Crippen LogP contribution is -2.30. The van der Waals surface area contributed by atoms with Crippen LogP contribution in [0.3, 0.4) is 0 Å². The molecule has 558 valence electrons. The molecular weight excluding hydrogens is 1230 g/mol. The van der Waals surface area contributed by atoms with Gasteiger partial charge in [-0.1, -0.05) is 325 Å². The van der Waals surface area contributed by atoms with Gasteiger partial charge in [-0.3, -0.25) is 37.3 Å². The molecule has 0 fully saturated rings. The predicted molar refractivity (Wildman–Crippen MR) is 381 cm³/mol. The van der Waals surface area contributed by atoms with Crippen LogP contribution in [0.5, 0.6) is 0 Å². The molecule has 94 heavy (non-hydrogen) atoms. The first-order valence-corrected chi connectivity index (χ1v) is 41.7. The molecule has 0 amide bonds. The first-order chi connectivity index (χ1) is 45.1. The van der Waals surface area contributed by atoms with Crippen molar-refractivity contribution in [1.29, 1.82) is 0 Å². The van der Waals surface area contributed by atoms with E-state index in [0.29, 0.717) is 31.6 Å². The quantitative estimate of drug-likeness (QED) is 0.0222. The Morgan fingerprint density at radius 2 is 0.447 bits per heavy atom. The van der Waals surface area contributed by atoms with Gasteiger partial charge in [0.15, 0.2) is 12.2 Å². The third-order valence-corrected chi connectivity index (χ3v) is 19.2. The van der Waals surface area contributed by atoms with Gasteiger partial charge in [0.05, 0.1) is 26.4 Å². The second kappa shape index (κ2) is 64.4. The second-order valence-electron chi connectivity index (χ2n) is 28.9. The molecule has 17 nitrogen and oxygen atoms in total. The number of phosphoric ester groups is 2. The molecule has 0 aliphatic carbocycles. The molecule has 0 aliphatic heterocycles. The van der Waals surface area contributed by atoms with E-state index in [9.17, 15) is 43.2 Å². The van der Waals surface area contributed by atoms with E-state index in [-0.39, 0.29) is 25.7 Å². The Balaban J connectivity index is 5.21. The number of carbonyl (C=O) groups excluding carboxylic acids is 4. The number of phosphoric acid groups is 2. The molecule has 0 bridgehead atoms. The Labute approximate surface area is 575 Å². The van der Waals surface area contributed by atoms with Crippen molar-refractivity contribution in [2.45, 2.75) is 395 Å². The van der Waals surface area contributed by atoms with Crippen LogP contribution in [0.4, 0.5) is 0 Å². The van der Waals surface area contributed by atoms with Gasteiger partial charge in [0.25, 0.3) is 0 Å². The third-order valence-electron chi connectivity index (χ3n) is 17.3. The van der Waals surface area contributed by atoms with E-state index in [4.69, 9.17) is 37.0 Å². The number of carbonyl (C=O) groups is 4. The average molecular weight is 1380 g/mol. The van der Waals surface area contributed by atoms with Gasteiger partial charge in [-0.05, 0) is 49.4 Å². The summed E-state index contributed by atoms with van der Waals surface area (Å²) in [5.41, 5.74) is 0. The molecule has 0 saturated heterocycles. The average Bonchev–Trinajstić information content (AvgIpc) is 1.41. The van der Waals surface area contributed by atoms with E-state index >= 15 is 0 Å². The van der Waals surface area contributed by atoms with Crippen LogP contribution in [0.2, 0.25) is 0 Å². The summed E-state index contributed by atoms with van der Waals surface area (Å²) >= 11 is 0. The maximum absolute atomic E-state index is 13.1. The highest BCUT2D eigenvalue weighted by Gasteiger charge is 2.30. The number of aliphatic hydroxyl groups excluding tert-OH is 1. The molecule has 0 saturated carbocycles. The molecule has 0 aromatic rings.